The Morgan fingerprint density at radius 2 is 1.78 bits per heavy atom. The highest BCUT2D eigenvalue weighted by Crippen LogP contribution is 2.21. The van der Waals surface area contributed by atoms with Gasteiger partial charge in [-0.15, -0.1) is 0 Å². The van der Waals surface area contributed by atoms with Crippen molar-refractivity contribution in [2.45, 2.75) is 26.2 Å². The second kappa shape index (κ2) is 6.94. The molecule has 1 aromatic heterocycles. The van der Waals surface area contributed by atoms with Crippen LogP contribution in [0.15, 0.2) is 30.6 Å². The number of aromatic nitrogens is 1. The average Bonchev–Trinajstić information content (AvgIpc) is 2.98. The van der Waals surface area contributed by atoms with E-state index in [2.05, 4.69) is 17.1 Å². The summed E-state index contributed by atoms with van der Waals surface area (Å²) in [7, 11) is 0. The molecule has 1 aromatic rings. The van der Waals surface area contributed by atoms with Gasteiger partial charge in [-0.2, -0.15) is 0 Å². The van der Waals surface area contributed by atoms with E-state index in [1.807, 2.05) is 22.8 Å². The number of aryl methyl sites for hydroxylation is 1. The summed E-state index contributed by atoms with van der Waals surface area (Å²) in [6, 6.07) is 1.86. The Kier molecular flexibility index (Phi) is 4.74. The fraction of sp³-hybridized carbons (Fsp3) is 0.500. The molecule has 2 amide bonds. The van der Waals surface area contributed by atoms with Crippen molar-refractivity contribution in [1.29, 1.82) is 0 Å². The highest BCUT2D eigenvalue weighted by Gasteiger charge is 2.28. The normalized spacial score (nSPS) is 19.0. The van der Waals surface area contributed by atoms with Crippen LogP contribution in [0.25, 0.3) is 0 Å². The topological polar surface area (TPSA) is 53.5 Å². The first-order chi connectivity index (χ1) is 11.2. The molecule has 1 saturated heterocycles. The number of allylic oxidation sites excluding steroid dienone is 2. The molecule has 23 heavy (non-hydrogen) atoms. The van der Waals surface area contributed by atoms with Crippen LogP contribution in [-0.2, 0) is 4.79 Å². The lowest BCUT2D eigenvalue weighted by Gasteiger charge is -2.24. The summed E-state index contributed by atoms with van der Waals surface area (Å²) in [5, 5.41) is 0. The van der Waals surface area contributed by atoms with Gasteiger partial charge in [0.1, 0.15) is 0 Å². The molecule has 5 heteroatoms. The third-order valence-corrected chi connectivity index (χ3v) is 4.72. The van der Waals surface area contributed by atoms with Crippen LogP contribution in [0.4, 0.5) is 0 Å². The van der Waals surface area contributed by atoms with Crippen LogP contribution < -0.4 is 0 Å². The lowest BCUT2D eigenvalue weighted by Crippen LogP contribution is -2.39. The maximum atomic E-state index is 12.7. The molecule has 1 aliphatic heterocycles. The van der Waals surface area contributed by atoms with E-state index in [9.17, 15) is 9.59 Å². The Hall–Kier alpha value is -2.17. The first kappa shape index (κ1) is 15.7. The van der Waals surface area contributed by atoms with Crippen molar-refractivity contribution in [1.82, 2.24) is 14.8 Å². The van der Waals surface area contributed by atoms with Gasteiger partial charge in [-0.25, -0.2) is 0 Å². The number of hydrogen-bond donors (Lipinski definition) is 0. The fourth-order valence-corrected chi connectivity index (χ4v) is 3.28. The van der Waals surface area contributed by atoms with Crippen LogP contribution in [0.3, 0.4) is 0 Å². The minimum atomic E-state index is 0.0208. The van der Waals surface area contributed by atoms with E-state index in [0.717, 1.165) is 31.4 Å². The van der Waals surface area contributed by atoms with Crippen molar-refractivity contribution in [2.24, 2.45) is 5.92 Å². The SMILES string of the molecule is Cc1ccncc1C(=O)N1CCCN(C(=O)C2CC=CC2)CC1. The van der Waals surface area contributed by atoms with Gasteiger partial charge in [0.15, 0.2) is 0 Å². The zero-order chi connectivity index (χ0) is 16.2. The molecular formula is C18H23N3O2. The highest BCUT2D eigenvalue weighted by atomic mass is 16.2. The van der Waals surface area contributed by atoms with E-state index in [4.69, 9.17) is 0 Å². The molecule has 0 bridgehead atoms. The number of pyridine rings is 1. The lowest BCUT2D eigenvalue weighted by atomic mass is 10.1. The van der Waals surface area contributed by atoms with Gasteiger partial charge >= 0.3 is 0 Å². The molecule has 0 spiro atoms. The Labute approximate surface area is 137 Å². The second-order valence-corrected chi connectivity index (χ2v) is 6.30. The van der Waals surface area contributed by atoms with E-state index in [0.29, 0.717) is 25.2 Å². The van der Waals surface area contributed by atoms with Crippen molar-refractivity contribution in [3.05, 3.63) is 41.7 Å². The van der Waals surface area contributed by atoms with E-state index in [-0.39, 0.29) is 17.7 Å². The maximum Gasteiger partial charge on any atom is 0.255 e. The molecule has 0 saturated carbocycles. The quantitative estimate of drug-likeness (QED) is 0.785. The number of rotatable bonds is 2. The Bertz CT molecular complexity index is 618. The number of amides is 2. The molecule has 0 aromatic carbocycles. The highest BCUT2D eigenvalue weighted by molar-refractivity contribution is 5.95. The van der Waals surface area contributed by atoms with Crippen molar-refractivity contribution in [3.63, 3.8) is 0 Å². The van der Waals surface area contributed by atoms with Crippen LogP contribution in [0, 0.1) is 12.8 Å². The monoisotopic (exact) mass is 313 g/mol. The summed E-state index contributed by atoms with van der Waals surface area (Å²) < 4.78 is 0. The summed E-state index contributed by atoms with van der Waals surface area (Å²) in [5.74, 6) is 0.368. The standard InChI is InChI=1S/C18H23N3O2/c1-14-7-8-19-13-16(14)18(23)21-10-4-9-20(11-12-21)17(22)15-5-2-3-6-15/h2-3,7-8,13,15H,4-6,9-12H2,1H3. The largest absolute Gasteiger partial charge is 0.341 e. The van der Waals surface area contributed by atoms with Crippen LogP contribution in [0.5, 0.6) is 0 Å². The third-order valence-electron chi connectivity index (χ3n) is 4.72. The summed E-state index contributed by atoms with van der Waals surface area (Å²) >= 11 is 0. The molecule has 3 rings (SSSR count). The predicted octanol–water partition coefficient (Wildman–Crippen LogP) is 2.03. The van der Waals surface area contributed by atoms with Crippen molar-refractivity contribution in [2.75, 3.05) is 26.2 Å². The average molecular weight is 313 g/mol. The molecule has 2 aliphatic rings. The summed E-state index contributed by atoms with van der Waals surface area (Å²) in [6.07, 6.45) is 10.0. The van der Waals surface area contributed by atoms with Gasteiger partial charge in [0.25, 0.3) is 5.91 Å². The summed E-state index contributed by atoms with van der Waals surface area (Å²) in [5.41, 5.74) is 1.60. The zero-order valence-electron chi connectivity index (χ0n) is 13.6. The summed E-state index contributed by atoms with van der Waals surface area (Å²) in [4.78, 5) is 33.0. The van der Waals surface area contributed by atoms with E-state index in [1.54, 1.807) is 12.4 Å². The zero-order valence-corrected chi connectivity index (χ0v) is 13.6. The smallest absolute Gasteiger partial charge is 0.255 e. The molecule has 0 radical (unpaired) electrons. The maximum absolute atomic E-state index is 12.7. The van der Waals surface area contributed by atoms with Gasteiger partial charge in [0.05, 0.1) is 5.56 Å². The number of nitrogens with zero attached hydrogens (tertiary/aromatic N) is 3. The molecule has 1 fully saturated rings. The first-order valence-corrected chi connectivity index (χ1v) is 8.30. The van der Waals surface area contributed by atoms with Crippen LogP contribution in [0.1, 0.15) is 35.2 Å². The molecule has 122 valence electrons. The first-order valence-electron chi connectivity index (χ1n) is 8.30. The van der Waals surface area contributed by atoms with E-state index >= 15 is 0 Å². The number of hydrogen-bond acceptors (Lipinski definition) is 3. The molecule has 0 unspecified atom stereocenters. The molecule has 5 nitrogen and oxygen atoms in total. The van der Waals surface area contributed by atoms with Crippen molar-refractivity contribution >= 4 is 11.8 Å². The van der Waals surface area contributed by atoms with Crippen LogP contribution >= 0.6 is 0 Å². The molecular weight excluding hydrogens is 290 g/mol. The minimum Gasteiger partial charge on any atom is -0.341 e. The van der Waals surface area contributed by atoms with E-state index in [1.165, 1.54) is 0 Å². The number of carbonyl (C=O) groups excluding carboxylic acids is 2. The Morgan fingerprint density at radius 3 is 2.52 bits per heavy atom. The molecule has 0 atom stereocenters. The third kappa shape index (κ3) is 3.44. The Balaban J connectivity index is 1.63. The van der Waals surface area contributed by atoms with Gasteiger partial charge < -0.3 is 9.80 Å². The predicted molar refractivity (Wildman–Crippen MR) is 87.9 cm³/mol. The van der Waals surface area contributed by atoms with Gasteiger partial charge in [0.2, 0.25) is 5.91 Å². The van der Waals surface area contributed by atoms with Crippen LogP contribution in [0.2, 0.25) is 0 Å². The van der Waals surface area contributed by atoms with Gasteiger partial charge in [-0.05, 0) is 37.8 Å². The molecule has 1 aliphatic carbocycles. The van der Waals surface area contributed by atoms with Crippen molar-refractivity contribution < 1.29 is 9.59 Å². The lowest BCUT2D eigenvalue weighted by molar-refractivity contribution is -0.135. The summed E-state index contributed by atoms with van der Waals surface area (Å²) in [6.45, 7) is 4.58. The Morgan fingerprint density at radius 1 is 1.09 bits per heavy atom. The van der Waals surface area contributed by atoms with E-state index < -0.39 is 0 Å². The van der Waals surface area contributed by atoms with Gasteiger partial charge in [0, 0.05) is 44.5 Å². The van der Waals surface area contributed by atoms with Crippen LogP contribution in [-0.4, -0.2) is 52.8 Å². The number of carbonyl (C=O) groups is 2. The second-order valence-electron chi connectivity index (χ2n) is 6.30. The van der Waals surface area contributed by atoms with Gasteiger partial charge in [-0.1, -0.05) is 12.2 Å². The molecule has 0 N–H and O–H groups in total. The van der Waals surface area contributed by atoms with Crippen molar-refractivity contribution in [3.8, 4) is 0 Å². The van der Waals surface area contributed by atoms with Gasteiger partial charge in [-0.3, -0.25) is 14.6 Å². The molecule has 2 heterocycles. The minimum absolute atomic E-state index is 0.0208. The fourth-order valence-electron chi connectivity index (χ4n) is 3.28.